The molecule has 1 aromatic heterocycles. The molecule has 0 bridgehead atoms. The van der Waals surface area contributed by atoms with Crippen molar-refractivity contribution in [3.8, 4) is 6.01 Å². The standard InChI is InChI=1S/C11H16IN3O2/c1-7(16)3-8-5-15(6-8)10-4-9(12)13-11(14-10)17-2/h4,7-8,16H,3,5-6H2,1-2H3. The molecule has 2 heterocycles. The maximum atomic E-state index is 9.31. The Labute approximate surface area is 114 Å². The van der Waals surface area contributed by atoms with Gasteiger partial charge in [-0.15, -0.1) is 0 Å². The van der Waals surface area contributed by atoms with Gasteiger partial charge >= 0.3 is 6.01 Å². The lowest BCUT2D eigenvalue weighted by molar-refractivity contribution is 0.150. The Bertz CT molecular complexity index is 394. The zero-order valence-corrected chi connectivity index (χ0v) is 12.1. The summed E-state index contributed by atoms with van der Waals surface area (Å²) in [5, 5.41) is 9.31. The van der Waals surface area contributed by atoms with E-state index in [9.17, 15) is 5.11 Å². The van der Waals surface area contributed by atoms with Gasteiger partial charge in [-0.05, 0) is 41.9 Å². The van der Waals surface area contributed by atoms with Gasteiger partial charge in [-0.3, -0.25) is 0 Å². The van der Waals surface area contributed by atoms with E-state index >= 15 is 0 Å². The molecule has 0 aliphatic carbocycles. The highest BCUT2D eigenvalue weighted by molar-refractivity contribution is 14.1. The third-order valence-corrected chi connectivity index (χ3v) is 3.35. The van der Waals surface area contributed by atoms with Gasteiger partial charge in [-0.25, -0.2) is 0 Å². The van der Waals surface area contributed by atoms with Crippen molar-refractivity contribution in [2.75, 3.05) is 25.1 Å². The summed E-state index contributed by atoms with van der Waals surface area (Å²) in [6.07, 6.45) is 0.637. The molecule has 0 amide bonds. The quantitative estimate of drug-likeness (QED) is 0.656. The molecule has 1 aliphatic heterocycles. The molecule has 5 nitrogen and oxygen atoms in total. The van der Waals surface area contributed by atoms with Crippen LogP contribution in [-0.4, -0.2) is 41.4 Å². The van der Waals surface area contributed by atoms with Crippen LogP contribution in [0, 0.1) is 9.62 Å². The van der Waals surface area contributed by atoms with Crippen LogP contribution in [0.5, 0.6) is 6.01 Å². The van der Waals surface area contributed by atoms with Crippen molar-refractivity contribution in [2.24, 2.45) is 5.92 Å². The van der Waals surface area contributed by atoms with Gasteiger partial charge < -0.3 is 14.7 Å². The van der Waals surface area contributed by atoms with Crippen molar-refractivity contribution in [2.45, 2.75) is 19.4 Å². The molecule has 0 saturated carbocycles. The van der Waals surface area contributed by atoms with E-state index in [1.54, 1.807) is 7.11 Å². The second-order valence-electron chi connectivity index (χ2n) is 4.39. The van der Waals surface area contributed by atoms with Crippen LogP contribution in [0.25, 0.3) is 0 Å². The summed E-state index contributed by atoms with van der Waals surface area (Å²) >= 11 is 2.16. The maximum Gasteiger partial charge on any atom is 0.319 e. The number of nitrogens with zero attached hydrogens (tertiary/aromatic N) is 3. The molecule has 1 aromatic rings. The number of hydrogen-bond acceptors (Lipinski definition) is 5. The van der Waals surface area contributed by atoms with Crippen LogP contribution in [-0.2, 0) is 0 Å². The van der Waals surface area contributed by atoms with Crippen LogP contribution in [0.3, 0.4) is 0 Å². The van der Waals surface area contributed by atoms with Crippen LogP contribution in [0.2, 0.25) is 0 Å². The molecule has 2 rings (SSSR count). The molecule has 0 spiro atoms. The number of aromatic nitrogens is 2. The number of aliphatic hydroxyl groups excluding tert-OH is 1. The average molecular weight is 349 g/mol. The van der Waals surface area contributed by atoms with Crippen LogP contribution in [0.15, 0.2) is 6.07 Å². The normalized spacial score (nSPS) is 17.8. The van der Waals surface area contributed by atoms with Crippen LogP contribution < -0.4 is 9.64 Å². The minimum atomic E-state index is -0.220. The lowest BCUT2D eigenvalue weighted by Crippen LogP contribution is -2.48. The second kappa shape index (κ2) is 5.34. The molecule has 17 heavy (non-hydrogen) atoms. The van der Waals surface area contributed by atoms with Crippen molar-refractivity contribution in [1.29, 1.82) is 0 Å². The Morgan fingerprint density at radius 3 is 2.88 bits per heavy atom. The Kier molecular flexibility index (Phi) is 4.03. The summed E-state index contributed by atoms with van der Waals surface area (Å²) in [5.41, 5.74) is 0. The minimum Gasteiger partial charge on any atom is -0.467 e. The first kappa shape index (κ1) is 12.8. The van der Waals surface area contributed by atoms with E-state index < -0.39 is 0 Å². The van der Waals surface area contributed by atoms with Crippen molar-refractivity contribution in [3.05, 3.63) is 9.77 Å². The fourth-order valence-electron chi connectivity index (χ4n) is 2.03. The third kappa shape index (κ3) is 3.19. The zero-order valence-electron chi connectivity index (χ0n) is 9.93. The van der Waals surface area contributed by atoms with E-state index in [1.165, 1.54) is 0 Å². The van der Waals surface area contributed by atoms with E-state index in [-0.39, 0.29) is 6.10 Å². The maximum absolute atomic E-state index is 9.31. The summed E-state index contributed by atoms with van der Waals surface area (Å²) in [5.74, 6) is 1.47. The Hall–Kier alpha value is -0.630. The molecule has 94 valence electrons. The fraction of sp³-hybridized carbons (Fsp3) is 0.636. The third-order valence-electron chi connectivity index (χ3n) is 2.80. The van der Waals surface area contributed by atoms with Crippen molar-refractivity contribution in [1.82, 2.24) is 9.97 Å². The number of halogens is 1. The van der Waals surface area contributed by atoms with E-state index in [1.807, 2.05) is 13.0 Å². The first-order valence-corrected chi connectivity index (χ1v) is 6.68. The van der Waals surface area contributed by atoms with Gasteiger partial charge in [0.15, 0.2) is 0 Å². The predicted molar refractivity (Wildman–Crippen MR) is 73.3 cm³/mol. The van der Waals surface area contributed by atoms with Gasteiger partial charge in [0.1, 0.15) is 9.52 Å². The molecular formula is C11H16IN3O2. The molecule has 0 radical (unpaired) electrons. The molecule has 1 saturated heterocycles. The first-order chi connectivity index (χ1) is 8.08. The highest BCUT2D eigenvalue weighted by Gasteiger charge is 2.29. The average Bonchev–Trinajstić information content (AvgIpc) is 2.21. The highest BCUT2D eigenvalue weighted by Crippen LogP contribution is 2.27. The molecule has 1 aliphatic rings. The molecular weight excluding hydrogens is 333 g/mol. The van der Waals surface area contributed by atoms with E-state index in [4.69, 9.17) is 4.74 Å². The molecule has 1 unspecified atom stereocenters. The number of methoxy groups -OCH3 is 1. The Balaban J connectivity index is 1.98. The lowest BCUT2D eigenvalue weighted by Gasteiger charge is -2.40. The van der Waals surface area contributed by atoms with E-state index in [0.717, 1.165) is 29.0 Å². The van der Waals surface area contributed by atoms with Crippen molar-refractivity contribution < 1.29 is 9.84 Å². The second-order valence-corrected chi connectivity index (χ2v) is 5.50. The summed E-state index contributed by atoms with van der Waals surface area (Å²) < 4.78 is 5.93. The summed E-state index contributed by atoms with van der Waals surface area (Å²) in [7, 11) is 1.57. The van der Waals surface area contributed by atoms with Crippen LogP contribution in [0.1, 0.15) is 13.3 Å². The van der Waals surface area contributed by atoms with E-state index in [0.29, 0.717) is 11.9 Å². The number of anilines is 1. The van der Waals surface area contributed by atoms with Gasteiger partial charge in [0.2, 0.25) is 0 Å². The highest BCUT2D eigenvalue weighted by atomic mass is 127. The summed E-state index contributed by atoms with van der Waals surface area (Å²) in [6, 6.07) is 2.35. The zero-order chi connectivity index (χ0) is 12.4. The van der Waals surface area contributed by atoms with Gasteiger partial charge in [-0.1, -0.05) is 0 Å². The summed E-state index contributed by atoms with van der Waals surface area (Å²) in [6.45, 7) is 3.72. The van der Waals surface area contributed by atoms with Gasteiger partial charge in [0, 0.05) is 19.2 Å². The topological polar surface area (TPSA) is 58.5 Å². The smallest absolute Gasteiger partial charge is 0.319 e. The molecule has 1 fully saturated rings. The number of hydrogen-bond donors (Lipinski definition) is 1. The van der Waals surface area contributed by atoms with Crippen molar-refractivity contribution in [3.63, 3.8) is 0 Å². The van der Waals surface area contributed by atoms with Gasteiger partial charge in [-0.2, -0.15) is 9.97 Å². The number of ether oxygens (including phenoxy) is 1. The Morgan fingerprint density at radius 2 is 2.29 bits per heavy atom. The molecule has 0 aromatic carbocycles. The monoisotopic (exact) mass is 349 g/mol. The lowest BCUT2D eigenvalue weighted by atomic mass is 9.94. The molecule has 1 atom stereocenters. The SMILES string of the molecule is COc1nc(I)cc(N2CC(CC(C)O)C2)n1. The molecule has 1 N–H and O–H groups in total. The van der Waals surface area contributed by atoms with Gasteiger partial charge in [0.25, 0.3) is 0 Å². The number of aliphatic hydroxyl groups is 1. The van der Waals surface area contributed by atoms with Crippen LogP contribution in [0.4, 0.5) is 5.82 Å². The Morgan fingerprint density at radius 1 is 1.59 bits per heavy atom. The number of rotatable bonds is 4. The summed E-state index contributed by atoms with van der Waals surface area (Å²) in [4.78, 5) is 10.6. The van der Waals surface area contributed by atoms with E-state index in [2.05, 4.69) is 37.5 Å². The van der Waals surface area contributed by atoms with Crippen LogP contribution >= 0.6 is 22.6 Å². The molecule has 6 heteroatoms. The minimum absolute atomic E-state index is 0.220. The first-order valence-electron chi connectivity index (χ1n) is 5.60. The largest absolute Gasteiger partial charge is 0.467 e. The van der Waals surface area contributed by atoms with Crippen molar-refractivity contribution >= 4 is 28.4 Å². The fourth-order valence-corrected chi connectivity index (χ4v) is 2.51. The van der Waals surface area contributed by atoms with Gasteiger partial charge in [0.05, 0.1) is 13.2 Å². The predicted octanol–water partition coefficient (Wildman–Crippen LogP) is 1.30.